The lowest BCUT2D eigenvalue weighted by Crippen LogP contribution is -2.50. The van der Waals surface area contributed by atoms with Crippen LogP contribution in [0, 0.1) is 0 Å². The Morgan fingerprint density at radius 3 is 2.44 bits per heavy atom. The van der Waals surface area contributed by atoms with Crippen molar-refractivity contribution in [1.82, 2.24) is 4.48 Å². The molecule has 0 bridgehead atoms. The molecule has 0 aliphatic heterocycles. The van der Waals surface area contributed by atoms with Crippen LogP contribution in [0.25, 0.3) is 0 Å². The first-order valence-electron chi connectivity index (χ1n) is 6.24. The van der Waals surface area contributed by atoms with Gasteiger partial charge in [0.1, 0.15) is 11.4 Å². The van der Waals surface area contributed by atoms with Gasteiger partial charge < -0.3 is 5.11 Å². The summed E-state index contributed by atoms with van der Waals surface area (Å²) in [6.45, 7) is 0. The van der Waals surface area contributed by atoms with Crippen molar-refractivity contribution in [3.8, 4) is 5.75 Å². The van der Waals surface area contributed by atoms with Gasteiger partial charge in [-0.15, -0.1) is 0 Å². The minimum Gasteiger partial charge on any atom is -0.508 e. The number of hydrogen-bond acceptors (Lipinski definition) is 1. The van der Waals surface area contributed by atoms with E-state index < -0.39 is 0 Å². The van der Waals surface area contributed by atoms with Crippen molar-refractivity contribution in [1.29, 1.82) is 0 Å². The maximum absolute atomic E-state index is 9.56. The van der Waals surface area contributed by atoms with Crippen LogP contribution in [0.5, 0.6) is 5.75 Å². The lowest BCUT2D eigenvalue weighted by molar-refractivity contribution is 0.228. The van der Waals surface area contributed by atoms with Crippen molar-refractivity contribution in [3.63, 3.8) is 0 Å². The Kier molecular flexibility index (Phi) is 3.20. The molecule has 16 heavy (non-hydrogen) atoms. The molecule has 2 heteroatoms. The zero-order chi connectivity index (χ0) is 11.6. The van der Waals surface area contributed by atoms with Crippen LogP contribution in [0.15, 0.2) is 24.3 Å². The summed E-state index contributed by atoms with van der Waals surface area (Å²) < 4.78 is 0.897. The summed E-state index contributed by atoms with van der Waals surface area (Å²) in [7, 11) is 4.51. The summed E-state index contributed by atoms with van der Waals surface area (Å²) in [5.74, 6) is 0.375. The number of quaternary nitrogens is 1. The molecule has 1 aromatic carbocycles. The molecule has 1 aliphatic carbocycles. The summed E-state index contributed by atoms with van der Waals surface area (Å²) in [5, 5.41) is 9.56. The number of benzene rings is 1. The van der Waals surface area contributed by atoms with Crippen molar-refractivity contribution in [2.24, 2.45) is 0 Å². The van der Waals surface area contributed by atoms with Crippen LogP contribution in [-0.2, 0) is 0 Å². The molecular formula is C14H22NO+. The van der Waals surface area contributed by atoms with E-state index in [0.29, 0.717) is 11.8 Å². The lowest BCUT2D eigenvalue weighted by atomic mass is 9.92. The Balaban J connectivity index is 2.22. The molecule has 0 saturated heterocycles. The van der Waals surface area contributed by atoms with Crippen molar-refractivity contribution in [2.75, 3.05) is 14.1 Å². The highest BCUT2D eigenvalue weighted by Gasteiger charge is 2.31. The van der Waals surface area contributed by atoms with Crippen LogP contribution in [0.2, 0.25) is 0 Å². The summed E-state index contributed by atoms with van der Waals surface area (Å²) in [4.78, 5) is 0. The third-order valence-electron chi connectivity index (χ3n) is 3.98. The van der Waals surface area contributed by atoms with Crippen LogP contribution in [0.4, 0.5) is 5.69 Å². The van der Waals surface area contributed by atoms with Gasteiger partial charge in [-0.1, -0.05) is 12.5 Å². The number of phenols is 1. The fourth-order valence-corrected chi connectivity index (χ4v) is 2.79. The molecule has 0 heterocycles. The van der Waals surface area contributed by atoms with Crippen molar-refractivity contribution in [2.45, 2.75) is 38.1 Å². The minimum atomic E-state index is 0.375. The molecule has 88 valence electrons. The van der Waals surface area contributed by atoms with E-state index in [9.17, 15) is 5.11 Å². The normalized spacial score (nSPS) is 18.6. The van der Waals surface area contributed by atoms with Gasteiger partial charge in [-0.25, -0.2) is 0 Å². The van der Waals surface area contributed by atoms with Crippen LogP contribution in [-0.4, -0.2) is 25.2 Å². The van der Waals surface area contributed by atoms with E-state index in [1.165, 1.54) is 37.8 Å². The summed E-state index contributed by atoms with van der Waals surface area (Å²) in [5.41, 5.74) is 1.21. The molecule has 1 saturated carbocycles. The second-order valence-electron chi connectivity index (χ2n) is 5.35. The number of hydrogen-bond donors (Lipinski definition) is 1. The van der Waals surface area contributed by atoms with E-state index in [1.54, 1.807) is 6.07 Å². The quantitative estimate of drug-likeness (QED) is 0.758. The average molecular weight is 220 g/mol. The first-order valence-corrected chi connectivity index (χ1v) is 6.24. The van der Waals surface area contributed by atoms with Gasteiger partial charge in [0, 0.05) is 6.07 Å². The van der Waals surface area contributed by atoms with E-state index in [-0.39, 0.29) is 0 Å². The molecule has 2 rings (SSSR count). The maximum Gasteiger partial charge on any atom is 0.136 e. The number of aromatic hydroxyl groups is 1. The van der Waals surface area contributed by atoms with Gasteiger partial charge in [0.15, 0.2) is 0 Å². The molecule has 0 unspecified atom stereocenters. The van der Waals surface area contributed by atoms with E-state index in [0.717, 1.165) is 4.48 Å². The van der Waals surface area contributed by atoms with Gasteiger partial charge in [0.05, 0.1) is 20.1 Å². The molecule has 0 amide bonds. The Morgan fingerprint density at radius 1 is 1.12 bits per heavy atom. The van der Waals surface area contributed by atoms with Crippen LogP contribution >= 0.6 is 0 Å². The van der Waals surface area contributed by atoms with Crippen LogP contribution in [0.3, 0.4) is 0 Å². The number of rotatable bonds is 2. The molecule has 0 aromatic heterocycles. The Morgan fingerprint density at radius 2 is 1.81 bits per heavy atom. The zero-order valence-electron chi connectivity index (χ0n) is 10.3. The Bertz CT molecular complexity index is 354. The Hall–Kier alpha value is -1.02. The predicted molar refractivity (Wildman–Crippen MR) is 68.6 cm³/mol. The summed E-state index contributed by atoms with van der Waals surface area (Å²) >= 11 is 0. The van der Waals surface area contributed by atoms with Crippen molar-refractivity contribution in [3.05, 3.63) is 24.3 Å². The fraction of sp³-hybridized carbons (Fsp3) is 0.571. The predicted octanol–water partition coefficient (Wildman–Crippen LogP) is 3.29. The molecule has 0 radical (unpaired) electrons. The number of phenolic OH excluding ortho intramolecular Hbond substituents is 1. The first-order chi connectivity index (χ1) is 7.60. The SMILES string of the molecule is C[N+](C)(c1cccc(O)c1)C1CCCCC1. The van der Waals surface area contributed by atoms with E-state index in [1.807, 2.05) is 12.1 Å². The first kappa shape index (κ1) is 11.5. The van der Waals surface area contributed by atoms with Gasteiger partial charge in [0.25, 0.3) is 0 Å². The van der Waals surface area contributed by atoms with Gasteiger partial charge in [0.2, 0.25) is 0 Å². The third-order valence-corrected chi connectivity index (χ3v) is 3.98. The third kappa shape index (κ3) is 2.22. The topological polar surface area (TPSA) is 20.2 Å². The monoisotopic (exact) mass is 220 g/mol. The number of nitrogens with zero attached hydrogens (tertiary/aromatic N) is 1. The molecule has 0 atom stereocenters. The molecule has 1 aliphatic rings. The van der Waals surface area contributed by atoms with E-state index >= 15 is 0 Å². The highest BCUT2D eigenvalue weighted by Crippen LogP contribution is 2.32. The molecule has 1 N–H and O–H groups in total. The second kappa shape index (κ2) is 4.46. The smallest absolute Gasteiger partial charge is 0.136 e. The largest absolute Gasteiger partial charge is 0.508 e. The highest BCUT2D eigenvalue weighted by molar-refractivity contribution is 5.47. The molecule has 1 aromatic rings. The summed E-state index contributed by atoms with van der Waals surface area (Å²) in [6.07, 6.45) is 6.71. The van der Waals surface area contributed by atoms with Gasteiger partial charge in [-0.05, 0) is 37.8 Å². The summed E-state index contributed by atoms with van der Waals surface area (Å²) in [6, 6.07) is 8.40. The highest BCUT2D eigenvalue weighted by atomic mass is 16.3. The van der Waals surface area contributed by atoms with Gasteiger partial charge in [-0.3, -0.25) is 4.48 Å². The molecular weight excluding hydrogens is 198 g/mol. The van der Waals surface area contributed by atoms with Crippen LogP contribution in [0.1, 0.15) is 32.1 Å². The second-order valence-corrected chi connectivity index (χ2v) is 5.35. The average Bonchev–Trinajstić information content (AvgIpc) is 2.30. The van der Waals surface area contributed by atoms with Crippen molar-refractivity contribution < 1.29 is 5.11 Å². The van der Waals surface area contributed by atoms with E-state index in [2.05, 4.69) is 20.2 Å². The lowest BCUT2D eigenvalue weighted by Gasteiger charge is -2.39. The molecule has 0 spiro atoms. The van der Waals surface area contributed by atoms with E-state index in [4.69, 9.17) is 0 Å². The maximum atomic E-state index is 9.56. The minimum absolute atomic E-state index is 0.375. The van der Waals surface area contributed by atoms with Crippen molar-refractivity contribution >= 4 is 5.69 Å². The molecule has 1 fully saturated rings. The molecule has 2 nitrogen and oxygen atoms in total. The standard InChI is InChI=1S/C14H21NO/c1-15(2,12-7-4-3-5-8-12)13-9-6-10-14(16)11-13/h6,9-12H,3-5,7-8H2,1-2H3/p+1. The van der Waals surface area contributed by atoms with Crippen LogP contribution < -0.4 is 4.48 Å². The van der Waals surface area contributed by atoms with Gasteiger partial charge >= 0.3 is 0 Å². The Labute approximate surface area is 98.1 Å². The van der Waals surface area contributed by atoms with Gasteiger partial charge in [-0.2, -0.15) is 0 Å². The fourth-order valence-electron chi connectivity index (χ4n) is 2.79. The zero-order valence-corrected chi connectivity index (χ0v) is 10.3.